The van der Waals surface area contributed by atoms with E-state index in [1.165, 1.54) is 0 Å². The zero-order valence-corrected chi connectivity index (χ0v) is 19.0. The molecule has 168 valence electrons. The van der Waals surface area contributed by atoms with Gasteiger partial charge in [0.05, 0.1) is 16.5 Å². The van der Waals surface area contributed by atoms with Gasteiger partial charge in [-0.1, -0.05) is 16.8 Å². The van der Waals surface area contributed by atoms with Crippen molar-refractivity contribution in [3.8, 4) is 28.6 Å². The predicted molar refractivity (Wildman–Crippen MR) is 123 cm³/mol. The third kappa shape index (κ3) is 4.72. The van der Waals surface area contributed by atoms with Gasteiger partial charge in [-0.3, -0.25) is 4.79 Å². The van der Waals surface area contributed by atoms with Crippen molar-refractivity contribution in [1.82, 2.24) is 10.1 Å². The lowest BCUT2D eigenvalue weighted by Gasteiger charge is -2.19. The first-order chi connectivity index (χ1) is 15.2. The number of carboxylic acids is 1. The van der Waals surface area contributed by atoms with Gasteiger partial charge in [0, 0.05) is 22.9 Å². The molecule has 0 spiro atoms. The van der Waals surface area contributed by atoms with Crippen LogP contribution >= 0.6 is 11.6 Å². The SMILES string of the molecule is CC(C)Oc1ccc(-c2noc(-c3ccc(NC4CCC(C)(C(=O)O)C4)cc3)n2)cc1Cl. The average molecular weight is 456 g/mol. The van der Waals surface area contributed by atoms with E-state index in [2.05, 4.69) is 15.5 Å². The molecule has 2 atom stereocenters. The summed E-state index contributed by atoms with van der Waals surface area (Å²) in [6.07, 6.45) is 2.15. The van der Waals surface area contributed by atoms with Gasteiger partial charge in [-0.2, -0.15) is 4.98 Å². The van der Waals surface area contributed by atoms with Gasteiger partial charge in [0.2, 0.25) is 5.82 Å². The van der Waals surface area contributed by atoms with E-state index in [1.54, 1.807) is 12.1 Å². The van der Waals surface area contributed by atoms with Crippen molar-refractivity contribution in [3.05, 3.63) is 47.5 Å². The lowest BCUT2D eigenvalue weighted by Crippen LogP contribution is -2.26. The molecule has 8 heteroatoms. The van der Waals surface area contributed by atoms with Gasteiger partial charge < -0.3 is 19.7 Å². The second-order valence-electron chi connectivity index (χ2n) is 8.76. The molecular weight excluding hydrogens is 430 g/mol. The van der Waals surface area contributed by atoms with Crippen LogP contribution in [0, 0.1) is 5.41 Å². The highest BCUT2D eigenvalue weighted by Crippen LogP contribution is 2.39. The number of hydrogen-bond acceptors (Lipinski definition) is 6. The zero-order valence-electron chi connectivity index (χ0n) is 18.3. The Hall–Kier alpha value is -3.06. The number of ether oxygens (including phenoxy) is 1. The van der Waals surface area contributed by atoms with Gasteiger partial charge in [0.15, 0.2) is 0 Å². The van der Waals surface area contributed by atoms with Crippen LogP contribution in [0.4, 0.5) is 5.69 Å². The van der Waals surface area contributed by atoms with Crippen LogP contribution in [0.2, 0.25) is 5.02 Å². The van der Waals surface area contributed by atoms with Crippen molar-refractivity contribution in [3.63, 3.8) is 0 Å². The molecule has 0 saturated heterocycles. The second-order valence-corrected chi connectivity index (χ2v) is 9.17. The Labute approximate surface area is 191 Å². The molecular formula is C24H26ClN3O4. The van der Waals surface area contributed by atoms with Gasteiger partial charge in [-0.25, -0.2) is 0 Å². The first-order valence-electron chi connectivity index (χ1n) is 10.6. The number of hydrogen-bond donors (Lipinski definition) is 2. The highest BCUT2D eigenvalue weighted by molar-refractivity contribution is 6.32. The third-order valence-corrected chi connectivity index (χ3v) is 6.03. The molecule has 1 saturated carbocycles. The average Bonchev–Trinajstić information content (AvgIpc) is 3.38. The molecule has 7 nitrogen and oxygen atoms in total. The molecule has 3 aromatic rings. The first kappa shape index (κ1) is 22.1. The highest BCUT2D eigenvalue weighted by atomic mass is 35.5. The summed E-state index contributed by atoms with van der Waals surface area (Å²) < 4.78 is 11.1. The Morgan fingerprint density at radius 2 is 1.97 bits per heavy atom. The molecule has 4 rings (SSSR count). The molecule has 1 heterocycles. The predicted octanol–water partition coefficient (Wildman–Crippen LogP) is 5.90. The Bertz CT molecular complexity index is 1110. The number of aliphatic carboxylic acids is 1. The van der Waals surface area contributed by atoms with E-state index in [0.29, 0.717) is 35.3 Å². The number of halogens is 1. The van der Waals surface area contributed by atoms with E-state index < -0.39 is 11.4 Å². The maximum absolute atomic E-state index is 11.4. The molecule has 1 fully saturated rings. The topological polar surface area (TPSA) is 97.5 Å². The summed E-state index contributed by atoms with van der Waals surface area (Å²) in [4.78, 5) is 15.9. The van der Waals surface area contributed by atoms with Gasteiger partial charge in [-0.05, 0) is 82.5 Å². The smallest absolute Gasteiger partial charge is 0.309 e. The number of benzene rings is 2. The Balaban J connectivity index is 1.44. The molecule has 0 amide bonds. The molecule has 1 aromatic heterocycles. The molecule has 0 radical (unpaired) electrons. The summed E-state index contributed by atoms with van der Waals surface area (Å²) in [5.74, 6) is 0.736. The largest absolute Gasteiger partial charge is 0.489 e. The molecule has 2 aromatic carbocycles. The molecule has 32 heavy (non-hydrogen) atoms. The van der Waals surface area contributed by atoms with E-state index in [9.17, 15) is 9.90 Å². The van der Waals surface area contributed by atoms with Gasteiger partial charge in [0.25, 0.3) is 5.89 Å². The van der Waals surface area contributed by atoms with Crippen LogP contribution in [0.5, 0.6) is 5.75 Å². The molecule has 2 unspecified atom stereocenters. The number of rotatable bonds is 7. The lowest BCUT2D eigenvalue weighted by atomic mass is 9.89. The van der Waals surface area contributed by atoms with Gasteiger partial charge in [0.1, 0.15) is 5.75 Å². The fraction of sp³-hybridized carbons (Fsp3) is 0.375. The van der Waals surface area contributed by atoms with Crippen LogP contribution in [-0.4, -0.2) is 33.4 Å². The molecule has 1 aliphatic carbocycles. The summed E-state index contributed by atoms with van der Waals surface area (Å²) in [5, 5.41) is 17.4. The normalized spacial score (nSPS) is 20.5. The Morgan fingerprint density at radius 1 is 1.25 bits per heavy atom. The number of nitrogens with zero attached hydrogens (tertiary/aromatic N) is 2. The van der Waals surface area contributed by atoms with Crippen LogP contribution in [0.15, 0.2) is 47.0 Å². The number of carbonyl (C=O) groups is 1. The number of aromatic nitrogens is 2. The van der Waals surface area contributed by atoms with E-state index in [1.807, 2.05) is 51.1 Å². The van der Waals surface area contributed by atoms with Crippen molar-refractivity contribution >= 4 is 23.3 Å². The third-order valence-electron chi connectivity index (χ3n) is 5.74. The minimum atomic E-state index is -0.729. The Morgan fingerprint density at radius 3 is 2.59 bits per heavy atom. The maximum Gasteiger partial charge on any atom is 0.309 e. The molecule has 0 bridgehead atoms. The quantitative estimate of drug-likeness (QED) is 0.457. The molecule has 0 aliphatic heterocycles. The monoisotopic (exact) mass is 455 g/mol. The summed E-state index contributed by atoms with van der Waals surface area (Å²) in [5.41, 5.74) is 1.81. The summed E-state index contributed by atoms with van der Waals surface area (Å²) in [6, 6.07) is 13.2. The van der Waals surface area contributed by atoms with Gasteiger partial charge >= 0.3 is 5.97 Å². The fourth-order valence-electron chi connectivity index (χ4n) is 3.95. The lowest BCUT2D eigenvalue weighted by molar-refractivity contribution is -0.147. The standard InChI is InChI=1S/C24H26ClN3O4/c1-14(2)31-20-9-6-16(12-19(20)25)21-27-22(32-28-21)15-4-7-17(8-5-15)26-18-10-11-24(3,13-18)23(29)30/h4-9,12,14,18,26H,10-11,13H2,1-3H3,(H,29,30). The fourth-order valence-corrected chi connectivity index (χ4v) is 4.18. The number of anilines is 1. The van der Waals surface area contributed by atoms with Crippen molar-refractivity contribution in [2.45, 2.75) is 52.2 Å². The van der Waals surface area contributed by atoms with Crippen LogP contribution < -0.4 is 10.1 Å². The number of nitrogens with one attached hydrogen (secondary N) is 1. The van der Waals surface area contributed by atoms with Crippen LogP contribution in [0.3, 0.4) is 0 Å². The highest BCUT2D eigenvalue weighted by Gasteiger charge is 2.41. The van der Waals surface area contributed by atoms with Crippen LogP contribution in [-0.2, 0) is 4.79 Å². The van der Waals surface area contributed by atoms with Crippen LogP contribution in [0.1, 0.15) is 40.0 Å². The second kappa shape index (κ2) is 8.82. The Kier molecular flexibility index (Phi) is 6.11. The first-order valence-corrected chi connectivity index (χ1v) is 11.0. The van der Waals surface area contributed by atoms with Crippen LogP contribution in [0.25, 0.3) is 22.8 Å². The van der Waals surface area contributed by atoms with Crippen molar-refractivity contribution in [1.29, 1.82) is 0 Å². The van der Waals surface area contributed by atoms with E-state index in [-0.39, 0.29) is 12.1 Å². The minimum absolute atomic E-state index is 0.0305. The van der Waals surface area contributed by atoms with E-state index in [4.69, 9.17) is 20.9 Å². The number of carboxylic acid groups (broad SMARTS) is 1. The summed E-state index contributed by atoms with van der Waals surface area (Å²) >= 11 is 6.32. The zero-order chi connectivity index (χ0) is 22.9. The van der Waals surface area contributed by atoms with Gasteiger partial charge in [-0.15, -0.1) is 0 Å². The van der Waals surface area contributed by atoms with E-state index in [0.717, 1.165) is 23.2 Å². The van der Waals surface area contributed by atoms with E-state index >= 15 is 0 Å². The van der Waals surface area contributed by atoms with Crippen molar-refractivity contribution in [2.24, 2.45) is 5.41 Å². The molecule has 1 aliphatic rings. The summed E-state index contributed by atoms with van der Waals surface area (Å²) in [6.45, 7) is 5.69. The molecule has 2 N–H and O–H groups in total. The summed E-state index contributed by atoms with van der Waals surface area (Å²) in [7, 11) is 0. The maximum atomic E-state index is 11.4. The minimum Gasteiger partial charge on any atom is -0.489 e. The van der Waals surface area contributed by atoms with Crippen molar-refractivity contribution in [2.75, 3.05) is 5.32 Å². The van der Waals surface area contributed by atoms with Crippen molar-refractivity contribution < 1.29 is 19.2 Å².